The lowest BCUT2D eigenvalue weighted by Gasteiger charge is -2.30. The molecule has 0 spiro atoms. The van der Waals surface area contributed by atoms with E-state index in [0.29, 0.717) is 15.8 Å². The maximum Gasteiger partial charge on any atom is 0.267 e. The van der Waals surface area contributed by atoms with E-state index in [9.17, 15) is 4.79 Å². The van der Waals surface area contributed by atoms with Gasteiger partial charge in [-0.15, -0.1) is 11.3 Å². The van der Waals surface area contributed by atoms with Crippen LogP contribution in [0.4, 0.5) is 5.13 Å². The number of rotatable bonds is 3. The van der Waals surface area contributed by atoms with Gasteiger partial charge in [0.1, 0.15) is 11.5 Å². The molecule has 0 aromatic carbocycles. The van der Waals surface area contributed by atoms with Crippen LogP contribution in [0, 0.1) is 13.8 Å². The molecule has 26 heavy (non-hydrogen) atoms. The maximum atomic E-state index is 13.1. The Kier molecular flexibility index (Phi) is 5.00. The van der Waals surface area contributed by atoms with E-state index in [4.69, 9.17) is 9.41 Å². The number of nitrogens with zero attached hydrogens (tertiary/aromatic N) is 3. The van der Waals surface area contributed by atoms with Gasteiger partial charge in [-0.25, -0.2) is 4.98 Å². The van der Waals surface area contributed by atoms with E-state index in [-0.39, 0.29) is 11.9 Å². The van der Waals surface area contributed by atoms with Gasteiger partial charge < -0.3 is 4.42 Å². The number of amides is 1. The fourth-order valence-electron chi connectivity index (χ4n) is 3.36. The summed E-state index contributed by atoms with van der Waals surface area (Å²) in [6.45, 7) is 3.86. The molecule has 136 valence electrons. The molecule has 1 amide bonds. The van der Waals surface area contributed by atoms with Gasteiger partial charge in [-0.05, 0) is 50.6 Å². The molecule has 0 unspecified atom stereocenters. The number of thiazole rings is 1. The Bertz CT molecular complexity index is 875. The summed E-state index contributed by atoms with van der Waals surface area (Å²) in [7, 11) is 0. The van der Waals surface area contributed by atoms with Crippen LogP contribution in [0.1, 0.15) is 49.3 Å². The van der Waals surface area contributed by atoms with Crippen LogP contribution in [-0.2, 0) is 4.79 Å². The minimum absolute atomic E-state index is 0.0305. The number of aromatic nitrogens is 1. The number of hydrogen-bond donors (Lipinski definition) is 0. The number of aryl methyl sites for hydroxylation is 2. The zero-order valence-electron chi connectivity index (χ0n) is 14.9. The van der Waals surface area contributed by atoms with E-state index < -0.39 is 0 Å². The number of amidine groups is 1. The number of thioether (sulfide) groups is 1. The van der Waals surface area contributed by atoms with E-state index in [0.717, 1.165) is 29.5 Å². The topological polar surface area (TPSA) is 58.7 Å². The summed E-state index contributed by atoms with van der Waals surface area (Å²) in [5.41, 5.74) is 0.953. The second-order valence-corrected chi connectivity index (χ2v) is 8.54. The summed E-state index contributed by atoms with van der Waals surface area (Å²) in [5, 5.41) is 3.42. The van der Waals surface area contributed by atoms with Crippen LogP contribution < -0.4 is 0 Å². The summed E-state index contributed by atoms with van der Waals surface area (Å²) in [4.78, 5) is 24.8. The van der Waals surface area contributed by atoms with E-state index in [1.807, 2.05) is 42.3 Å². The van der Waals surface area contributed by atoms with Crippen LogP contribution in [0.5, 0.6) is 0 Å². The van der Waals surface area contributed by atoms with Crippen molar-refractivity contribution >= 4 is 45.4 Å². The summed E-state index contributed by atoms with van der Waals surface area (Å²) >= 11 is 2.93. The van der Waals surface area contributed by atoms with Gasteiger partial charge in [-0.3, -0.25) is 9.69 Å². The largest absolute Gasteiger partial charge is 0.462 e. The van der Waals surface area contributed by atoms with Crippen LogP contribution in [0.3, 0.4) is 0 Å². The molecule has 4 rings (SSSR count). The maximum absolute atomic E-state index is 13.1. The molecule has 2 aromatic heterocycles. The molecule has 1 aliphatic heterocycles. The number of furan rings is 1. The van der Waals surface area contributed by atoms with Gasteiger partial charge in [0.15, 0.2) is 5.17 Å². The third kappa shape index (κ3) is 3.64. The highest BCUT2D eigenvalue weighted by Crippen LogP contribution is 2.38. The SMILES string of the molecule is Cc1csc(/N=C2/S/C(=C/c3ccc(C)o3)C(=O)N2C2CCCCC2)n1. The number of carbonyl (C=O) groups is 1. The van der Waals surface area contributed by atoms with Crippen molar-refractivity contribution in [1.82, 2.24) is 9.88 Å². The lowest BCUT2D eigenvalue weighted by Crippen LogP contribution is -2.40. The summed E-state index contributed by atoms with van der Waals surface area (Å²) in [6, 6.07) is 4.02. The van der Waals surface area contributed by atoms with E-state index in [1.54, 1.807) is 0 Å². The normalized spacial score (nSPS) is 22.1. The molecule has 2 aromatic rings. The highest BCUT2D eigenvalue weighted by Gasteiger charge is 2.39. The first-order valence-electron chi connectivity index (χ1n) is 8.90. The number of aliphatic imine (C=N–C) groups is 1. The van der Waals surface area contributed by atoms with Crippen molar-refractivity contribution in [1.29, 1.82) is 0 Å². The average molecular weight is 388 g/mol. The van der Waals surface area contributed by atoms with Crippen molar-refractivity contribution in [2.24, 2.45) is 4.99 Å². The van der Waals surface area contributed by atoms with Crippen LogP contribution >= 0.6 is 23.1 Å². The fraction of sp³-hybridized carbons (Fsp3) is 0.421. The molecular weight excluding hydrogens is 366 g/mol. The van der Waals surface area contributed by atoms with Crippen LogP contribution in [0.15, 0.2) is 31.8 Å². The smallest absolute Gasteiger partial charge is 0.267 e. The Labute approximate surface area is 161 Å². The van der Waals surface area contributed by atoms with Crippen molar-refractivity contribution in [3.8, 4) is 0 Å². The first-order chi connectivity index (χ1) is 12.6. The first-order valence-corrected chi connectivity index (χ1v) is 10.6. The molecule has 5 nitrogen and oxygen atoms in total. The molecule has 3 heterocycles. The number of carbonyl (C=O) groups excluding carboxylic acids is 1. The quantitative estimate of drug-likeness (QED) is 0.672. The first kappa shape index (κ1) is 17.5. The molecule has 0 N–H and O–H groups in total. The Morgan fingerprint density at radius 3 is 2.73 bits per heavy atom. The molecular formula is C19H21N3O2S2. The molecule has 1 aliphatic carbocycles. The van der Waals surface area contributed by atoms with E-state index in [1.165, 1.54) is 42.4 Å². The van der Waals surface area contributed by atoms with Gasteiger partial charge in [0.25, 0.3) is 5.91 Å². The van der Waals surface area contributed by atoms with Gasteiger partial charge in [0.2, 0.25) is 5.13 Å². The molecule has 0 bridgehead atoms. The van der Waals surface area contributed by atoms with Gasteiger partial charge >= 0.3 is 0 Å². The lowest BCUT2D eigenvalue weighted by atomic mass is 9.94. The van der Waals surface area contributed by atoms with Crippen molar-refractivity contribution in [3.05, 3.63) is 39.6 Å². The van der Waals surface area contributed by atoms with Gasteiger partial charge in [0.05, 0.1) is 10.6 Å². The highest BCUT2D eigenvalue weighted by atomic mass is 32.2. The average Bonchev–Trinajstić information content (AvgIpc) is 3.30. The molecule has 1 saturated carbocycles. The second-order valence-electron chi connectivity index (χ2n) is 6.69. The molecule has 7 heteroatoms. The Hall–Kier alpha value is -1.86. The third-order valence-electron chi connectivity index (χ3n) is 4.61. The van der Waals surface area contributed by atoms with E-state index >= 15 is 0 Å². The van der Waals surface area contributed by atoms with Crippen molar-refractivity contribution in [2.45, 2.75) is 52.0 Å². The zero-order valence-corrected chi connectivity index (χ0v) is 16.5. The Balaban J connectivity index is 1.68. The fourth-order valence-corrected chi connectivity index (χ4v) is 5.10. The third-order valence-corrected chi connectivity index (χ3v) is 6.44. The molecule has 2 fully saturated rings. The van der Waals surface area contributed by atoms with Gasteiger partial charge in [0, 0.05) is 17.5 Å². The van der Waals surface area contributed by atoms with Gasteiger partial charge in [-0.2, -0.15) is 4.99 Å². The molecule has 0 radical (unpaired) electrons. The van der Waals surface area contributed by atoms with Crippen molar-refractivity contribution in [3.63, 3.8) is 0 Å². The minimum Gasteiger partial charge on any atom is -0.462 e. The predicted molar refractivity (Wildman–Crippen MR) is 107 cm³/mol. The zero-order chi connectivity index (χ0) is 18.1. The predicted octanol–water partition coefficient (Wildman–Crippen LogP) is 5.29. The number of hydrogen-bond acceptors (Lipinski definition) is 6. The van der Waals surface area contributed by atoms with Crippen LogP contribution in [-0.4, -0.2) is 27.0 Å². The standard InChI is InChI=1S/C19H21N3O2S2/c1-12-11-25-18(20-12)21-19-22(14-6-4-3-5-7-14)17(23)16(26-19)10-15-9-8-13(2)24-15/h8-11,14H,3-7H2,1-2H3/b16-10+,21-19+. The Morgan fingerprint density at radius 1 is 1.27 bits per heavy atom. The summed E-state index contributed by atoms with van der Waals surface area (Å²) < 4.78 is 5.62. The van der Waals surface area contributed by atoms with Crippen LogP contribution in [0.2, 0.25) is 0 Å². The molecule has 0 atom stereocenters. The van der Waals surface area contributed by atoms with Crippen molar-refractivity contribution in [2.75, 3.05) is 0 Å². The summed E-state index contributed by atoms with van der Waals surface area (Å²) in [5.74, 6) is 1.57. The van der Waals surface area contributed by atoms with Gasteiger partial charge in [-0.1, -0.05) is 19.3 Å². The minimum atomic E-state index is 0.0305. The lowest BCUT2D eigenvalue weighted by molar-refractivity contribution is -0.124. The Morgan fingerprint density at radius 2 is 2.08 bits per heavy atom. The highest BCUT2D eigenvalue weighted by molar-refractivity contribution is 8.18. The second kappa shape index (κ2) is 7.40. The molecule has 1 saturated heterocycles. The monoisotopic (exact) mass is 387 g/mol. The molecule has 2 aliphatic rings. The van der Waals surface area contributed by atoms with Crippen LogP contribution in [0.25, 0.3) is 6.08 Å². The summed E-state index contributed by atoms with van der Waals surface area (Å²) in [6.07, 6.45) is 7.48. The van der Waals surface area contributed by atoms with Crippen molar-refractivity contribution < 1.29 is 9.21 Å². The van der Waals surface area contributed by atoms with E-state index in [2.05, 4.69) is 4.98 Å².